The molecule has 5 nitrogen and oxygen atoms in total. The summed E-state index contributed by atoms with van der Waals surface area (Å²) in [5.41, 5.74) is 3.89. The van der Waals surface area contributed by atoms with Gasteiger partial charge < -0.3 is 10.1 Å². The van der Waals surface area contributed by atoms with Gasteiger partial charge in [-0.15, -0.1) is 11.3 Å². The van der Waals surface area contributed by atoms with Gasteiger partial charge >= 0.3 is 0 Å². The smallest absolute Gasteiger partial charge is 0.221 e. The highest BCUT2D eigenvalue weighted by Crippen LogP contribution is 2.22. The molecule has 0 aliphatic heterocycles. The Morgan fingerprint density at radius 1 is 1.26 bits per heavy atom. The largest absolute Gasteiger partial charge is 0.477 e. The van der Waals surface area contributed by atoms with Crippen LogP contribution in [0.25, 0.3) is 0 Å². The van der Waals surface area contributed by atoms with Crippen LogP contribution in [-0.2, 0) is 6.42 Å². The molecule has 0 saturated heterocycles. The molecular weight excluding hydrogens is 260 g/mol. The molecule has 0 aliphatic carbocycles. The number of thiazole rings is 1. The average Bonchev–Trinajstić information content (AvgIpc) is 2.79. The first kappa shape index (κ1) is 13.7. The Labute approximate surface area is 117 Å². The summed E-state index contributed by atoms with van der Waals surface area (Å²) in [6, 6.07) is 0. The third-order valence-electron chi connectivity index (χ3n) is 2.86. The summed E-state index contributed by atoms with van der Waals surface area (Å²) in [4.78, 5) is 14.1. The Morgan fingerprint density at radius 3 is 2.68 bits per heavy atom. The van der Waals surface area contributed by atoms with E-state index in [0.717, 1.165) is 23.5 Å². The normalized spacial score (nSPS) is 10.5. The van der Waals surface area contributed by atoms with Gasteiger partial charge in [-0.3, -0.25) is 0 Å². The van der Waals surface area contributed by atoms with E-state index in [0.29, 0.717) is 18.3 Å². The maximum absolute atomic E-state index is 5.78. The van der Waals surface area contributed by atoms with Crippen LogP contribution in [0, 0.1) is 20.8 Å². The fraction of sp³-hybridized carbons (Fsp3) is 0.462. The lowest BCUT2D eigenvalue weighted by molar-refractivity contribution is 0.306. The minimum atomic E-state index is 0.601. The number of aryl methyl sites for hydroxylation is 2. The molecule has 0 bridgehead atoms. The van der Waals surface area contributed by atoms with Crippen LogP contribution in [0.4, 0.5) is 5.82 Å². The zero-order chi connectivity index (χ0) is 13.8. The number of nitrogens with zero attached hydrogens (tertiary/aromatic N) is 3. The molecule has 1 N–H and O–H groups in total. The Balaban J connectivity index is 2.03. The third-order valence-corrected chi connectivity index (χ3v) is 3.86. The standard InChI is InChI=1S/C13H18N4OS/c1-8-12(14-4)16-10(3)17-13(8)18-6-5-11-9(2)15-7-19-11/h7H,5-6H2,1-4H3,(H,14,16,17). The van der Waals surface area contributed by atoms with E-state index in [2.05, 4.69) is 20.3 Å². The minimum absolute atomic E-state index is 0.601. The number of rotatable bonds is 5. The maximum Gasteiger partial charge on any atom is 0.221 e. The highest BCUT2D eigenvalue weighted by Gasteiger charge is 2.09. The van der Waals surface area contributed by atoms with Gasteiger partial charge in [0, 0.05) is 18.3 Å². The predicted octanol–water partition coefficient (Wildman–Crippen LogP) is 2.52. The van der Waals surface area contributed by atoms with Crippen molar-refractivity contribution < 1.29 is 4.74 Å². The maximum atomic E-state index is 5.78. The van der Waals surface area contributed by atoms with Crippen molar-refractivity contribution in [3.05, 3.63) is 27.5 Å². The van der Waals surface area contributed by atoms with Crippen LogP contribution in [0.1, 0.15) is 22.0 Å². The van der Waals surface area contributed by atoms with E-state index < -0.39 is 0 Å². The second kappa shape index (κ2) is 5.97. The summed E-state index contributed by atoms with van der Waals surface area (Å²) in [6.45, 7) is 6.44. The lowest BCUT2D eigenvalue weighted by atomic mass is 10.3. The quantitative estimate of drug-likeness (QED) is 0.910. The van der Waals surface area contributed by atoms with Gasteiger partial charge in [0.05, 0.1) is 23.4 Å². The summed E-state index contributed by atoms with van der Waals surface area (Å²) in [5, 5.41) is 3.05. The first-order valence-electron chi connectivity index (χ1n) is 6.16. The zero-order valence-corrected chi connectivity index (χ0v) is 12.5. The lowest BCUT2D eigenvalue weighted by Gasteiger charge is -2.11. The monoisotopic (exact) mass is 278 g/mol. The number of hydrogen-bond donors (Lipinski definition) is 1. The van der Waals surface area contributed by atoms with Crippen LogP contribution in [0.2, 0.25) is 0 Å². The molecule has 0 unspecified atom stereocenters. The van der Waals surface area contributed by atoms with Gasteiger partial charge in [-0.25, -0.2) is 9.97 Å². The summed E-state index contributed by atoms with van der Waals surface area (Å²) in [6.07, 6.45) is 0.855. The van der Waals surface area contributed by atoms with Crippen LogP contribution in [-0.4, -0.2) is 28.6 Å². The van der Waals surface area contributed by atoms with Gasteiger partial charge in [0.1, 0.15) is 11.6 Å². The van der Waals surface area contributed by atoms with Gasteiger partial charge in [-0.1, -0.05) is 0 Å². The fourth-order valence-corrected chi connectivity index (χ4v) is 2.56. The molecule has 0 radical (unpaired) electrons. The molecule has 0 saturated carbocycles. The first-order valence-corrected chi connectivity index (χ1v) is 7.04. The molecule has 0 atom stereocenters. The van der Waals surface area contributed by atoms with Gasteiger partial charge in [-0.05, 0) is 20.8 Å². The van der Waals surface area contributed by atoms with Crippen LogP contribution in [0.5, 0.6) is 5.88 Å². The SMILES string of the molecule is CNc1nc(C)nc(OCCc2scnc2C)c1C. The number of anilines is 1. The Kier molecular flexibility index (Phi) is 4.31. The molecule has 2 aromatic rings. The lowest BCUT2D eigenvalue weighted by Crippen LogP contribution is -2.08. The van der Waals surface area contributed by atoms with Crippen LogP contribution < -0.4 is 10.1 Å². The van der Waals surface area contributed by atoms with Crippen molar-refractivity contribution in [2.24, 2.45) is 0 Å². The van der Waals surface area contributed by atoms with Crippen molar-refractivity contribution in [1.29, 1.82) is 0 Å². The molecule has 6 heteroatoms. The molecule has 0 aliphatic rings. The minimum Gasteiger partial charge on any atom is -0.477 e. The van der Waals surface area contributed by atoms with Gasteiger partial charge in [0.15, 0.2) is 0 Å². The molecule has 0 fully saturated rings. The number of nitrogens with one attached hydrogen (secondary N) is 1. The van der Waals surface area contributed by atoms with E-state index in [1.807, 2.05) is 33.3 Å². The van der Waals surface area contributed by atoms with Crippen LogP contribution in [0.3, 0.4) is 0 Å². The molecule has 2 aromatic heterocycles. The van der Waals surface area contributed by atoms with E-state index in [9.17, 15) is 0 Å². The van der Waals surface area contributed by atoms with Crippen molar-refractivity contribution in [3.63, 3.8) is 0 Å². The summed E-state index contributed by atoms with van der Waals surface area (Å²) in [5.74, 6) is 2.18. The molecule has 2 heterocycles. The van der Waals surface area contributed by atoms with Crippen molar-refractivity contribution in [2.75, 3.05) is 19.0 Å². The van der Waals surface area contributed by atoms with E-state index >= 15 is 0 Å². The van der Waals surface area contributed by atoms with Crippen molar-refractivity contribution in [3.8, 4) is 5.88 Å². The Bertz CT molecular complexity index is 568. The second-order valence-electron chi connectivity index (χ2n) is 4.26. The molecule has 0 amide bonds. The predicted molar refractivity (Wildman–Crippen MR) is 77.1 cm³/mol. The first-order chi connectivity index (χ1) is 9.11. The van der Waals surface area contributed by atoms with Gasteiger partial charge in [0.25, 0.3) is 0 Å². The molecule has 19 heavy (non-hydrogen) atoms. The summed E-state index contributed by atoms with van der Waals surface area (Å²) in [7, 11) is 1.85. The molecular formula is C13H18N4OS. The third kappa shape index (κ3) is 3.20. The highest BCUT2D eigenvalue weighted by molar-refractivity contribution is 7.09. The van der Waals surface area contributed by atoms with Crippen LogP contribution >= 0.6 is 11.3 Å². The highest BCUT2D eigenvalue weighted by atomic mass is 32.1. The van der Waals surface area contributed by atoms with Crippen molar-refractivity contribution in [2.45, 2.75) is 27.2 Å². The van der Waals surface area contributed by atoms with Crippen molar-refractivity contribution in [1.82, 2.24) is 15.0 Å². The zero-order valence-electron chi connectivity index (χ0n) is 11.6. The summed E-state index contributed by atoms with van der Waals surface area (Å²) >= 11 is 1.66. The molecule has 0 aromatic carbocycles. The fourth-order valence-electron chi connectivity index (χ4n) is 1.79. The van der Waals surface area contributed by atoms with Gasteiger partial charge in [0.2, 0.25) is 5.88 Å². The van der Waals surface area contributed by atoms with Crippen molar-refractivity contribution >= 4 is 17.2 Å². The average molecular weight is 278 g/mol. The number of ether oxygens (including phenoxy) is 1. The van der Waals surface area contributed by atoms with E-state index in [-0.39, 0.29) is 0 Å². The van der Waals surface area contributed by atoms with Gasteiger partial charge in [-0.2, -0.15) is 4.98 Å². The summed E-state index contributed by atoms with van der Waals surface area (Å²) < 4.78 is 5.78. The second-order valence-corrected chi connectivity index (χ2v) is 5.20. The molecule has 2 rings (SSSR count). The topological polar surface area (TPSA) is 59.9 Å². The Morgan fingerprint density at radius 2 is 2.05 bits per heavy atom. The van der Waals surface area contributed by atoms with E-state index in [1.54, 1.807) is 11.3 Å². The molecule has 102 valence electrons. The van der Waals surface area contributed by atoms with Crippen LogP contribution in [0.15, 0.2) is 5.51 Å². The number of aromatic nitrogens is 3. The van der Waals surface area contributed by atoms with E-state index in [1.165, 1.54) is 4.88 Å². The Hall–Kier alpha value is -1.69. The van der Waals surface area contributed by atoms with E-state index in [4.69, 9.17) is 4.74 Å². The molecule has 0 spiro atoms. The number of hydrogen-bond acceptors (Lipinski definition) is 6.